The predicted molar refractivity (Wildman–Crippen MR) is 79.8 cm³/mol. The first-order chi connectivity index (χ1) is 9.76. The van der Waals surface area contributed by atoms with Crippen LogP contribution < -0.4 is 5.32 Å². The zero-order chi connectivity index (χ0) is 13.9. The van der Waals surface area contributed by atoms with E-state index in [2.05, 4.69) is 39.1 Å². The fourth-order valence-electron chi connectivity index (χ4n) is 2.73. The molecule has 1 heterocycles. The van der Waals surface area contributed by atoms with Crippen LogP contribution >= 0.6 is 11.6 Å². The number of rotatable bonds is 5. The molecule has 106 valence electrons. The number of hydrogen-bond acceptors (Lipinski definition) is 3. The van der Waals surface area contributed by atoms with Crippen LogP contribution in [0.25, 0.3) is 0 Å². The standard InChI is InChI=1S/C15H19ClN4/c1-2-20-10-18-19-15(20)9-17-14-7-12(8-14)11-4-3-5-13(16)6-11/h3-6,10,12,14,17H,2,7-9H2,1H3. The maximum absolute atomic E-state index is 6.03. The van der Waals surface area contributed by atoms with Crippen LogP contribution in [0, 0.1) is 0 Å². The van der Waals surface area contributed by atoms with Crippen LogP contribution in [0.2, 0.25) is 5.02 Å². The highest BCUT2D eigenvalue weighted by atomic mass is 35.5. The van der Waals surface area contributed by atoms with Crippen LogP contribution in [-0.2, 0) is 13.1 Å². The van der Waals surface area contributed by atoms with E-state index in [4.69, 9.17) is 11.6 Å². The molecule has 2 aromatic rings. The smallest absolute Gasteiger partial charge is 0.146 e. The molecule has 0 spiro atoms. The van der Waals surface area contributed by atoms with Gasteiger partial charge in [-0.1, -0.05) is 23.7 Å². The normalized spacial score (nSPS) is 21.7. The van der Waals surface area contributed by atoms with Gasteiger partial charge in [-0.05, 0) is 43.4 Å². The number of benzene rings is 1. The van der Waals surface area contributed by atoms with Gasteiger partial charge in [0.2, 0.25) is 0 Å². The molecule has 1 aliphatic carbocycles. The molecule has 0 radical (unpaired) electrons. The molecule has 3 rings (SSSR count). The number of aromatic nitrogens is 3. The Kier molecular flexibility index (Phi) is 4.03. The molecule has 0 aliphatic heterocycles. The van der Waals surface area contributed by atoms with Crippen LogP contribution in [0.15, 0.2) is 30.6 Å². The second kappa shape index (κ2) is 5.94. The van der Waals surface area contributed by atoms with Crippen LogP contribution in [0.3, 0.4) is 0 Å². The fraction of sp³-hybridized carbons (Fsp3) is 0.467. The zero-order valence-electron chi connectivity index (χ0n) is 11.6. The van der Waals surface area contributed by atoms with Crippen molar-refractivity contribution in [1.82, 2.24) is 20.1 Å². The molecule has 20 heavy (non-hydrogen) atoms. The SMILES string of the molecule is CCn1cnnc1CNC1CC(c2cccc(Cl)c2)C1. The van der Waals surface area contributed by atoms with E-state index >= 15 is 0 Å². The van der Waals surface area contributed by atoms with E-state index in [1.165, 1.54) is 18.4 Å². The van der Waals surface area contributed by atoms with Crippen molar-refractivity contribution >= 4 is 11.6 Å². The lowest BCUT2D eigenvalue weighted by Crippen LogP contribution is -2.40. The lowest BCUT2D eigenvalue weighted by molar-refractivity contribution is 0.286. The predicted octanol–water partition coefficient (Wildman–Crippen LogP) is 2.99. The summed E-state index contributed by atoms with van der Waals surface area (Å²) >= 11 is 6.03. The molecule has 1 N–H and O–H groups in total. The average Bonchev–Trinajstić information content (AvgIpc) is 2.84. The van der Waals surface area contributed by atoms with E-state index in [1.54, 1.807) is 6.33 Å². The topological polar surface area (TPSA) is 42.7 Å². The number of aryl methyl sites for hydroxylation is 1. The van der Waals surface area contributed by atoms with E-state index in [0.29, 0.717) is 12.0 Å². The van der Waals surface area contributed by atoms with Gasteiger partial charge in [0.15, 0.2) is 0 Å². The van der Waals surface area contributed by atoms with Crippen LogP contribution in [0.1, 0.15) is 37.1 Å². The maximum Gasteiger partial charge on any atom is 0.146 e. The molecule has 0 amide bonds. The monoisotopic (exact) mass is 290 g/mol. The van der Waals surface area contributed by atoms with E-state index in [-0.39, 0.29) is 0 Å². The molecule has 0 saturated heterocycles. The van der Waals surface area contributed by atoms with Gasteiger partial charge in [0.05, 0.1) is 6.54 Å². The maximum atomic E-state index is 6.03. The third kappa shape index (κ3) is 2.86. The lowest BCUT2D eigenvalue weighted by atomic mass is 9.76. The summed E-state index contributed by atoms with van der Waals surface area (Å²) in [5.74, 6) is 1.65. The summed E-state index contributed by atoms with van der Waals surface area (Å²) in [4.78, 5) is 0. The summed E-state index contributed by atoms with van der Waals surface area (Å²) < 4.78 is 2.07. The summed E-state index contributed by atoms with van der Waals surface area (Å²) in [5.41, 5.74) is 1.35. The molecule has 1 aliphatic rings. The van der Waals surface area contributed by atoms with Gasteiger partial charge in [-0.25, -0.2) is 0 Å². The second-order valence-electron chi connectivity index (χ2n) is 5.33. The van der Waals surface area contributed by atoms with Gasteiger partial charge < -0.3 is 9.88 Å². The molecule has 1 aromatic carbocycles. The van der Waals surface area contributed by atoms with Gasteiger partial charge in [0.1, 0.15) is 12.2 Å². The molecule has 1 fully saturated rings. The Balaban J connectivity index is 1.49. The quantitative estimate of drug-likeness (QED) is 0.920. The zero-order valence-corrected chi connectivity index (χ0v) is 12.3. The molecule has 0 bridgehead atoms. The van der Waals surface area contributed by atoms with Gasteiger partial charge in [-0.3, -0.25) is 0 Å². The highest BCUT2D eigenvalue weighted by molar-refractivity contribution is 6.30. The lowest BCUT2D eigenvalue weighted by Gasteiger charge is -2.36. The third-order valence-electron chi connectivity index (χ3n) is 4.04. The van der Waals surface area contributed by atoms with Crippen molar-refractivity contribution in [3.8, 4) is 0 Å². The highest BCUT2D eigenvalue weighted by Crippen LogP contribution is 2.37. The average molecular weight is 291 g/mol. The molecule has 5 heteroatoms. The van der Waals surface area contributed by atoms with Crippen LogP contribution in [0.4, 0.5) is 0 Å². The highest BCUT2D eigenvalue weighted by Gasteiger charge is 2.30. The molecule has 1 saturated carbocycles. The van der Waals surface area contributed by atoms with Crippen molar-refractivity contribution in [3.05, 3.63) is 47.0 Å². The fourth-order valence-corrected chi connectivity index (χ4v) is 2.93. The third-order valence-corrected chi connectivity index (χ3v) is 4.28. The molecule has 1 aromatic heterocycles. The van der Waals surface area contributed by atoms with Gasteiger partial charge in [-0.2, -0.15) is 0 Å². The Bertz CT molecular complexity index is 575. The van der Waals surface area contributed by atoms with E-state index in [0.717, 1.165) is 23.9 Å². The summed E-state index contributed by atoms with van der Waals surface area (Å²) in [7, 11) is 0. The van der Waals surface area contributed by atoms with Crippen molar-refractivity contribution in [1.29, 1.82) is 0 Å². The van der Waals surface area contributed by atoms with Crippen molar-refractivity contribution in [2.24, 2.45) is 0 Å². The Labute approximate surface area is 124 Å². The van der Waals surface area contributed by atoms with Gasteiger partial charge in [-0.15, -0.1) is 10.2 Å². The van der Waals surface area contributed by atoms with Gasteiger partial charge in [0, 0.05) is 17.6 Å². The Morgan fingerprint density at radius 1 is 1.40 bits per heavy atom. The first-order valence-electron chi connectivity index (χ1n) is 7.11. The van der Waals surface area contributed by atoms with E-state index in [9.17, 15) is 0 Å². The van der Waals surface area contributed by atoms with E-state index < -0.39 is 0 Å². The van der Waals surface area contributed by atoms with Gasteiger partial charge >= 0.3 is 0 Å². The van der Waals surface area contributed by atoms with Crippen molar-refractivity contribution in [2.75, 3.05) is 0 Å². The Morgan fingerprint density at radius 3 is 3.00 bits per heavy atom. The molecular weight excluding hydrogens is 272 g/mol. The summed E-state index contributed by atoms with van der Waals surface area (Å²) in [6.07, 6.45) is 4.12. The van der Waals surface area contributed by atoms with Crippen molar-refractivity contribution in [2.45, 2.75) is 44.8 Å². The first-order valence-corrected chi connectivity index (χ1v) is 7.49. The Morgan fingerprint density at radius 2 is 2.25 bits per heavy atom. The largest absolute Gasteiger partial charge is 0.317 e. The molecule has 0 unspecified atom stereocenters. The van der Waals surface area contributed by atoms with E-state index in [1.807, 2.05) is 12.1 Å². The second-order valence-corrected chi connectivity index (χ2v) is 5.77. The number of nitrogens with one attached hydrogen (secondary N) is 1. The number of hydrogen-bond donors (Lipinski definition) is 1. The van der Waals surface area contributed by atoms with Crippen molar-refractivity contribution in [3.63, 3.8) is 0 Å². The number of halogens is 1. The Hall–Kier alpha value is -1.39. The summed E-state index contributed by atoms with van der Waals surface area (Å²) in [5, 5.41) is 12.5. The van der Waals surface area contributed by atoms with Crippen LogP contribution in [0.5, 0.6) is 0 Å². The molecule has 4 nitrogen and oxygen atoms in total. The van der Waals surface area contributed by atoms with Crippen LogP contribution in [-0.4, -0.2) is 20.8 Å². The minimum atomic E-state index is 0.570. The minimum Gasteiger partial charge on any atom is -0.317 e. The molecular formula is C15H19ClN4. The van der Waals surface area contributed by atoms with Gasteiger partial charge in [0.25, 0.3) is 0 Å². The molecule has 0 atom stereocenters. The summed E-state index contributed by atoms with van der Waals surface area (Å²) in [6.45, 7) is 3.81. The summed E-state index contributed by atoms with van der Waals surface area (Å²) in [6, 6.07) is 8.77. The number of nitrogens with zero attached hydrogens (tertiary/aromatic N) is 3. The first kappa shape index (κ1) is 13.6. The minimum absolute atomic E-state index is 0.570. The van der Waals surface area contributed by atoms with Crippen molar-refractivity contribution < 1.29 is 0 Å².